The number of likely N-dealkylation sites (N-methyl/N-ethyl adjacent to an activating group) is 1. The van der Waals surface area contributed by atoms with Gasteiger partial charge in [0.1, 0.15) is 0 Å². The molecule has 0 atom stereocenters. The molecule has 0 bridgehead atoms. The Balaban J connectivity index is 1.67. The fourth-order valence-corrected chi connectivity index (χ4v) is 3.45. The molecule has 5 nitrogen and oxygen atoms in total. The second-order valence-electron chi connectivity index (χ2n) is 6.81. The Morgan fingerprint density at radius 3 is 2.54 bits per heavy atom. The van der Waals surface area contributed by atoms with Gasteiger partial charge in [0, 0.05) is 38.6 Å². The van der Waals surface area contributed by atoms with Crippen LogP contribution in [0.5, 0.6) is 0 Å². The average Bonchev–Trinajstić information content (AvgIpc) is 3.08. The first kappa shape index (κ1) is 16.7. The van der Waals surface area contributed by atoms with Crippen LogP contribution in [0.3, 0.4) is 0 Å². The molecule has 0 spiro atoms. The van der Waals surface area contributed by atoms with Crippen molar-refractivity contribution in [2.24, 2.45) is 0 Å². The lowest BCUT2D eigenvalue weighted by atomic mass is 10.1. The van der Waals surface area contributed by atoms with Crippen molar-refractivity contribution < 1.29 is 0 Å². The van der Waals surface area contributed by atoms with Crippen LogP contribution in [0.15, 0.2) is 42.5 Å². The topological polar surface area (TPSA) is 47.2 Å². The van der Waals surface area contributed by atoms with E-state index in [4.69, 9.17) is 0 Å². The lowest BCUT2D eigenvalue weighted by Gasteiger charge is -2.35. The summed E-state index contributed by atoms with van der Waals surface area (Å²) in [5, 5.41) is 12.2. The summed E-state index contributed by atoms with van der Waals surface area (Å²) in [4.78, 5) is 4.82. The van der Waals surface area contributed by atoms with E-state index in [0.717, 1.165) is 48.5 Å². The molecule has 0 radical (unpaired) electrons. The second-order valence-corrected chi connectivity index (χ2v) is 6.81. The normalized spacial score (nSPS) is 15.8. The van der Waals surface area contributed by atoms with Crippen molar-refractivity contribution in [3.05, 3.63) is 53.7 Å². The molecule has 2 heterocycles. The van der Waals surface area contributed by atoms with Crippen LogP contribution in [0.25, 0.3) is 23.1 Å². The fraction of sp³-hybridized carbons (Fsp3) is 0.286. The summed E-state index contributed by atoms with van der Waals surface area (Å²) in [7, 11) is 4.17. The molecule has 1 aliphatic rings. The summed E-state index contributed by atoms with van der Waals surface area (Å²) >= 11 is 0. The van der Waals surface area contributed by atoms with E-state index < -0.39 is 0 Å². The fourth-order valence-electron chi connectivity index (χ4n) is 3.45. The Morgan fingerprint density at radius 2 is 1.81 bits per heavy atom. The number of H-pyrrole nitrogens is 1. The maximum absolute atomic E-state index is 4.52. The largest absolute Gasteiger partial charge is 0.386 e. The van der Waals surface area contributed by atoms with Gasteiger partial charge in [0.2, 0.25) is 0 Å². The summed E-state index contributed by atoms with van der Waals surface area (Å²) in [6.07, 6.45) is 4.17. The van der Waals surface area contributed by atoms with E-state index in [9.17, 15) is 0 Å². The number of rotatable bonds is 4. The quantitative estimate of drug-likeness (QED) is 0.758. The molecule has 0 amide bonds. The predicted octanol–water partition coefficient (Wildman–Crippen LogP) is 3.53. The minimum Gasteiger partial charge on any atom is -0.386 e. The van der Waals surface area contributed by atoms with Crippen LogP contribution in [0.4, 0.5) is 11.4 Å². The number of benzene rings is 2. The number of fused-ring (bicyclic) bond motifs is 1. The van der Waals surface area contributed by atoms with Gasteiger partial charge in [0.15, 0.2) is 0 Å². The molecule has 2 aromatic carbocycles. The number of nitrogens with zero attached hydrogens (tertiary/aromatic N) is 3. The smallest absolute Gasteiger partial charge is 0.0928 e. The molecule has 5 heteroatoms. The Hall–Kier alpha value is -2.79. The molecule has 134 valence electrons. The Kier molecular flexibility index (Phi) is 4.63. The van der Waals surface area contributed by atoms with Crippen LogP contribution in [0.2, 0.25) is 0 Å². The van der Waals surface area contributed by atoms with Gasteiger partial charge < -0.3 is 15.1 Å². The SMILES string of the molecule is CNc1cc2c(/C=C/c3ccccc3)n[nH]c2cc1N1CCN(C)CC1. The van der Waals surface area contributed by atoms with E-state index in [-0.39, 0.29) is 0 Å². The van der Waals surface area contributed by atoms with Crippen molar-refractivity contribution in [2.75, 3.05) is 50.5 Å². The highest BCUT2D eigenvalue weighted by atomic mass is 15.3. The van der Waals surface area contributed by atoms with Crippen LogP contribution >= 0.6 is 0 Å². The highest BCUT2D eigenvalue weighted by Gasteiger charge is 2.18. The number of anilines is 2. The first-order valence-corrected chi connectivity index (χ1v) is 9.11. The molecule has 1 aromatic heterocycles. The van der Waals surface area contributed by atoms with Crippen molar-refractivity contribution in [3.63, 3.8) is 0 Å². The van der Waals surface area contributed by atoms with Gasteiger partial charge in [-0.2, -0.15) is 5.10 Å². The van der Waals surface area contributed by atoms with Crippen LogP contribution in [-0.4, -0.2) is 55.4 Å². The van der Waals surface area contributed by atoms with Gasteiger partial charge in [0.05, 0.1) is 22.6 Å². The van der Waals surface area contributed by atoms with Gasteiger partial charge >= 0.3 is 0 Å². The third kappa shape index (κ3) is 3.30. The van der Waals surface area contributed by atoms with Gasteiger partial charge in [-0.05, 0) is 30.8 Å². The van der Waals surface area contributed by atoms with E-state index in [1.54, 1.807) is 0 Å². The second kappa shape index (κ2) is 7.22. The summed E-state index contributed by atoms with van der Waals surface area (Å²) in [5.41, 5.74) is 5.61. The molecule has 0 saturated carbocycles. The van der Waals surface area contributed by atoms with Gasteiger partial charge in [-0.25, -0.2) is 0 Å². The van der Waals surface area contributed by atoms with E-state index >= 15 is 0 Å². The van der Waals surface area contributed by atoms with E-state index in [1.165, 1.54) is 11.3 Å². The van der Waals surface area contributed by atoms with Gasteiger partial charge in [-0.1, -0.05) is 36.4 Å². The molecule has 1 aliphatic heterocycles. The first-order valence-electron chi connectivity index (χ1n) is 9.11. The molecule has 1 saturated heterocycles. The van der Waals surface area contributed by atoms with Crippen LogP contribution in [-0.2, 0) is 0 Å². The van der Waals surface area contributed by atoms with Gasteiger partial charge in [-0.3, -0.25) is 5.10 Å². The van der Waals surface area contributed by atoms with Crippen LogP contribution < -0.4 is 10.2 Å². The molecule has 1 fully saturated rings. The maximum atomic E-state index is 4.52. The Morgan fingerprint density at radius 1 is 1.04 bits per heavy atom. The van der Waals surface area contributed by atoms with Gasteiger partial charge in [-0.15, -0.1) is 0 Å². The zero-order valence-corrected chi connectivity index (χ0v) is 15.4. The monoisotopic (exact) mass is 347 g/mol. The number of nitrogens with one attached hydrogen (secondary N) is 2. The third-order valence-corrected chi connectivity index (χ3v) is 5.06. The lowest BCUT2D eigenvalue weighted by Crippen LogP contribution is -2.44. The van der Waals surface area contributed by atoms with Gasteiger partial charge in [0.25, 0.3) is 0 Å². The Bertz CT molecular complexity index is 905. The van der Waals surface area contributed by atoms with E-state index in [1.807, 2.05) is 25.2 Å². The van der Waals surface area contributed by atoms with E-state index in [2.05, 4.69) is 68.8 Å². The maximum Gasteiger partial charge on any atom is 0.0928 e. The highest BCUT2D eigenvalue weighted by molar-refractivity contribution is 5.96. The van der Waals surface area contributed by atoms with Crippen molar-refractivity contribution in [1.29, 1.82) is 0 Å². The van der Waals surface area contributed by atoms with E-state index in [0.29, 0.717) is 0 Å². The minimum atomic E-state index is 0.963. The standard InChI is InChI=1S/C21H25N5/c1-22-20-14-17-18(9-8-16-6-4-3-5-7-16)23-24-19(17)15-21(20)26-12-10-25(2)11-13-26/h3-9,14-15,22H,10-13H2,1-2H3,(H,23,24)/b9-8+. The number of hydrogen-bond donors (Lipinski definition) is 2. The molecule has 26 heavy (non-hydrogen) atoms. The number of aromatic amines is 1. The van der Waals surface area contributed by atoms with Crippen LogP contribution in [0.1, 0.15) is 11.3 Å². The first-order chi connectivity index (χ1) is 12.7. The predicted molar refractivity (Wildman–Crippen MR) is 111 cm³/mol. The van der Waals surface area contributed by atoms with Crippen molar-refractivity contribution in [1.82, 2.24) is 15.1 Å². The molecular weight excluding hydrogens is 322 g/mol. The lowest BCUT2D eigenvalue weighted by molar-refractivity contribution is 0.313. The average molecular weight is 347 g/mol. The number of piperazine rings is 1. The van der Waals surface area contributed by atoms with Crippen molar-refractivity contribution in [3.8, 4) is 0 Å². The minimum absolute atomic E-state index is 0.963. The van der Waals surface area contributed by atoms with Crippen LogP contribution in [0, 0.1) is 0 Å². The highest BCUT2D eigenvalue weighted by Crippen LogP contribution is 2.32. The molecule has 3 aromatic rings. The molecule has 0 aliphatic carbocycles. The number of hydrogen-bond acceptors (Lipinski definition) is 4. The number of aromatic nitrogens is 2. The summed E-state index contributed by atoms with van der Waals surface area (Å²) < 4.78 is 0. The Labute approximate surface area is 154 Å². The summed E-state index contributed by atoms with van der Waals surface area (Å²) in [5.74, 6) is 0. The molecule has 4 rings (SSSR count). The summed E-state index contributed by atoms with van der Waals surface area (Å²) in [6, 6.07) is 14.7. The van der Waals surface area contributed by atoms with Crippen molar-refractivity contribution in [2.45, 2.75) is 0 Å². The summed E-state index contributed by atoms with van der Waals surface area (Å²) in [6.45, 7) is 4.28. The molecule has 0 unspecified atom stereocenters. The zero-order valence-electron chi connectivity index (χ0n) is 15.4. The molecular formula is C21H25N5. The van der Waals surface area contributed by atoms with Crippen molar-refractivity contribution >= 4 is 34.4 Å². The third-order valence-electron chi connectivity index (χ3n) is 5.06. The molecule has 2 N–H and O–H groups in total. The zero-order chi connectivity index (χ0) is 17.9.